The van der Waals surface area contributed by atoms with Crippen molar-refractivity contribution in [2.45, 2.75) is 36.8 Å². The van der Waals surface area contributed by atoms with Crippen LogP contribution in [0, 0.1) is 0 Å². The lowest BCUT2D eigenvalue weighted by Crippen LogP contribution is -1.92. The molecular formula is C17H20N4OS3. The molecule has 0 spiro atoms. The average molecular weight is 393 g/mol. The Labute approximate surface area is 159 Å². The summed E-state index contributed by atoms with van der Waals surface area (Å²) in [4.78, 5) is 4.65. The first-order chi connectivity index (χ1) is 12.1. The molecule has 0 aliphatic rings. The van der Waals surface area contributed by atoms with Crippen molar-refractivity contribution >= 4 is 45.3 Å². The largest absolute Gasteiger partial charge is 0.494 e. The van der Waals surface area contributed by atoms with Crippen molar-refractivity contribution in [3.63, 3.8) is 0 Å². The van der Waals surface area contributed by atoms with Crippen LogP contribution in [0.25, 0.3) is 0 Å². The van der Waals surface area contributed by atoms with Crippen LogP contribution in [0.4, 0.5) is 10.8 Å². The van der Waals surface area contributed by atoms with Gasteiger partial charge in [-0.15, -0.1) is 21.5 Å². The Morgan fingerprint density at radius 1 is 1.20 bits per heavy atom. The van der Waals surface area contributed by atoms with Crippen LogP contribution < -0.4 is 10.1 Å². The van der Waals surface area contributed by atoms with Crippen molar-refractivity contribution < 1.29 is 4.74 Å². The lowest BCUT2D eigenvalue weighted by Gasteiger charge is -2.04. The molecule has 0 saturated carbocycles. The highest BCUT2D eigenvalue weighted by Crippen LogP contribution is 2.31. The second-order valence-corrected chi connectivity index (χ2v) is 8.67. The van der Waals surface area contributed by atoms with E-state index in [0.717, 1.165) is 32.4 Å². The molecule has 0 aliphatic heterocycles. The topological polar surface area (TPSA) is 59.9 Å². The van der Waals surface area contributed by atoms with E-state index in [0.29, 0.717) is 12.5 Å². The Morgan fingerprint density at radius 2 is 2.00 bits per heavy atom. The zero-order chi connectivity index (χ0) is 17.6. The molecule has 0 bridgehead atoms. The summed E-state index contributed by atoms with van der Waals surface area (Å²) < 4.78 is 6.38. The molecule has 2 aromatic heterocycles. The molecule has 25 heavy (non-hydrogen) atoms. The van der Waals surface area contributed by atoms with Crippen LogP contribution in [0.3, 0.4) is 0 Å². The van der Waals surface area contributed by atoms with Crippen LogP contribution in [-0.2, 0) is 5.75 Å². The highest BCUT2D eigenvalue weighted by molar-refractivity contribution is 8.00. The minimum absolute atomic E-state index is 0.482. The first kappa shape index (κ1) is 18.2. The van der Waals surface area contributed by atoms with Crippen molar-refractivity contribution in [2.24, 2.45) is 0 Å². The maximum Gasteiger partial charge on any atom is 0.210 e. The van der Waals surface area contributed by atoms with Gasteiger partial charge in [-0.05, 0) is 31.2 Å². The number of thiazole rings is 1. The summed E-state index contributed by atoms with van der Waals surface area (Å²) in [5.74, 6) is 2.17. The van der Waals surface area contributed by atoms with Gasteiger partial charge in [0.15, 0.2) is 4.34 Å². The standard InChI is InChI=1S/C17H20N4OS3/c1-4-22-14-7-5-12(6-8-14)19-16-20-21-17(25-16)24-10-13-9-23-15(18-13)11(2)3/h5-9,11H,4,10H2,1-3H3,(H,19,20). The first-order valence-corrected chi connectivity index (χ1v) is 10.7. The van der Waals surface area contributed by atoms with Gasteiger partial charge in [0.1, 0.15) is 5.75 Å². The van der Waals surface area contributed by atoms with Gasteiger partial charge in [0.25, 0.3) is 0 Å². The molecule has 3 aromatic rings. The lowest BCUT2D eigenvalue weighted by atomic mass is 10.2. The Bertz CT molecular complexity index is 798. The van der Waals surface area contributed by atoms with Crippen molar-refractivity contribution in [1.82, 2.24) is 15.2 Å². The molecule has 0 atom stereocenters. The van der Waals surface area contributed by atoms with E-state index < -0.39 is 0 Å². The predicted molar refractivity (Wildman–Crippen MR) is 107 cm³/mol. The SMILES string of the molecule is CCOc1ccc(Nc2nnc(SCc3csc(C(C)C)n3)s2)cc1. The number of thioether (sulfide) groups is 1. The smallest absolute Gasteiger partial charge is 0.210 e. The van der Waals surface area contributed by atoms with Gasteiger partial charge in [-0.3, -0.25) is 0 Å². The molecule has 5 nitrogen and oxygen atoms in total. The third-order valence-electron chi connectivity index (χ3n) is 3.23. The van der Waals surface area contributed by atoms with Gasteiger partial charge in [0.05, 0.1) is 17.3 Å². The number of aromatic nitrogens is 3. The monoisotopic (exact) mass is 392 g/mol. The molecule has 0 amide bonds. The maximum atomic E-state index is 5.44. The number of hydrogen-bond acceptors (Lipinski definition) is 8. The van der Waals surface area contributed by atoms with Gasteiger partial charge < -0.3 is 10.1 Å². The Morgan fingerprint density at radius 3 is 2.68 bits per heavy atom. The van der Waals surface area contributed by atoms with Gasteiger partial charge >= 0.3 is 0 Å². The second kappa shape index (κ2) is 8.64. The van der Waals surface area contributed by atoms with E-state index in [9.17, 15) is 0 Å². The average Bonchev–Trinajstić information content (AvgIpc) is 3.24. The summed E-state index contributed by atoms with van der Waals surface area (Å²) in [6, 6.07) is 7.83. The van der Waals surface area contributed by atoms with E-state index in [-0.39, 0.29) is 0 Å². The van der Waals surface area contributed by atoms with E-state index in [2.05, 4.69) is 39.7 Å². The third-order valence-corrected chi connectivity index (χ3v) is 6.43. The van der Waals surface area contributed by atoms with Crippen LogP contribution >= 0.6 is 34.4 Å². The highest BCUT2D eigenvalue weighted by atomic mass is 32.2. The number of rotatable bonds is 8. The van der Waals surface area contributed by atoms with Crippen molar-refractivity contribution in [2.75, 3.05) is 11.9 Å². The Balaban J connectivity index is 1.54. The normalized spacial score (nSPS) is 11.0. The van der Waals surface area contributed by atoms with Crippen molar-refractivity contribution in [3.05, 3.63) is 40.3 Å². The van der Waals surface area contributed by atoms with Crippen LogP contribution in [0.5, 0.6) is 5.75 Å². The first-order valence-electron chi connectivity index (χ1n) is 8.04. The minimum atomic E-state index is 0.482. The summed E-state index contributed by atoms with van der Waals surface area (Å²) in [6.45, 7) is 6.97. The number of nitrogens with one attached hydrogen (secondary N) is 1. The predicted octanol–water partition coefficient (Wildman–Crippen LogP) is 5.55. The zero-order valence-electron chi connectivity index (χ0n) is 14.4. The third kappa shape index (κ3) is 5.17. The van der Waals surface area contributed by atoms with E-state index in [4.69, 9.17) is 4.74 Å². The number of ether oxygens (including phenoxy) is 1. The number of hydrogen-bond donors (Lipinski definition) is 1. The number of anilines is 2. The highest BCUT2D eigenvalue weighted by Gasteiger charge is 2.09. The fourth-order valence-electron chi connectivity index (χ4n) is 2.03. The number of benzene rings is 1. The Hall–Kier alpha value is -1.64. The zero-order valence-corrected chi connectivity index (χ0v) is 16.8. The molecule has 1 aromatic carbocycles. The van der Waals surface area contributed by atoms with Gasteiger partial charge in [0, 0.05) is 22.7 Å². The van der Waals surface area contributed by atoms with Crippen LogP contribution in [0.15, 0.2) is 34.0 Å². The van der Waals surface area contributed by atoms with Crippen molar-refractivity contribution in [1.29, 1.82) is 0 Å². The van der Waals surface area contributed by atoms with Gasteiger partial charge in [-0.25, -0.2) is 4.98 Å². The molecule has 1 N–H and O–H groups in total. The molecule has 0 unspecified atom stereocenters. The minimum Gasteiger partial charge on any atom is -0.494 e. The van der Waals surface area contributed by atoms with E-state index >= 15 is 0 Å². The molecular weight excluding hydrogens is 372 g/mol. The lowest BCUT2D eigenvalue weighted by molar-refractivity contribution is 0.340. The number of nitrogens with zero attached hydrogens (tertiary/aromatic N) is 3. The molecule has 2 heterocycles. The molecule has 8 heteroatoms. The van der Waals surface area contributed by atoms with Crippen molar-refractivity contribution in [3.8, 4) is 5.75 Å². The van der Waals surface area contributed by atoms with E-state index in [1.807, 2.05) is 31.2 Å². The summed E-state index contributed by atoms with van der Waals surface area (Å²) in [5.41, 5.74) is 2.08. The van der Waals surface area contributed by atoms with Gasteiger partial charge in [-0.2, -0.15) is 0 Å². The van der Waals surface area contributed by atoms with Crippen LogP contribution in [0.2, 0.25) is 0 Å². The van der Waals surface area contributed by atoms with Gasteiger partial charge in [-0.1, -0.05) is 36.9 Å². The van der Waals surface area contributed by atoms with E-state index in [1.54, 1.807) is 34.4 Å². The fraction of sp³-hybridized carbons (Fsp3) is 0.353. The maximum absolute atomic E-state index is 5.44. The van der Waals surface area contributed by atoms with Gasteiger partial charge in [0.2, 0.25) is 5.13 Å². The molecule has 0 radical (unpaired) electrons. The summed E-state index contributed by atoms with van der Waals surface area (Å²) >= 11 is 4.94. The molecule has 0 aliphatic carbocycles. The fourth-order valence-corrected chi connectivity index (χ4v) is 4.64. The quantitative estimate of drug-likeness (QED) is 0.507. The Kier molecular flexibility index (Phi) is 6.28. The van der Waals surface area contributed by atoms with Crippen LogP contribution in [-0.4, -0.2) is 21.8 Å². The molecule has 0 fully saturated rings. The van der Waals surface area contributed by atoms with Crippen LogP contribution in [0.1, 0.15) is 37.4 Å². The molecule has 3 rings (SSSR count). The molecule has 132 valence electrons. The summed E-state index contributed by atoms with van der Waals surface area (Å²) in [6.07, 6.45) is 0. The summed E-state index contributed by atoms with van der Waals surface area (Å²) in [7, 11) is 0. The molecule has 0 saturated heterocycles. The summed E-state index contributed by atoms with van der Waals surface area (Å²) in [5, 5.41) is 15.8. The van der Waals surface area contributed by atoms with E-state index in [1.165, 1.54) is 5.01 Å². The second-order valence-electron chi connectivity index (χ2n) is 5.58.